The molecule has 0 saturated heterocycles. The van der Waals surface area contributed by atoms with Crippen molar-refractivity contribution in [2.75, 3.05) is 0 Å². The Morgan fingerprint density at radius 1 is 1.05 bits per heavy atom. The van der Waals surface area contributed by atoms with Crippen LogP contribution < -0.4 is 9.84 Å². The van der Waals surface area contributed by atoms with E-state index in [4.69, 9.17) is 4.74 Å². The minimum absolute atomic E-state index is 0.0532. The molecular formula is C15H10F3O3-. The second kappa shape index (κ2) is 5.87. The molecule has 0 bridgehead atoms. The third-order valence-corrected chi connectivity index (χ3v) is 2.67. The summed E-state index contributed by atoms with van der Waals surface area (Å²) in [5, 5.41) is 10.4. The quantitative estimate of drug-likeness (QED) is 0.871. The van der Waals surface area contributed by atoms with Crippen LogP contribution in [0.3, 0.4) is 0 Å². The zero-order valence-electron chi connectivity index (χ0n) is 10.7. The number of hydrogen-bond donors (Lipinski definition) is 0. The van der Waals surface area contributed by atoms with Crippen molar-refractivity contribution in [3.8, 4) is 11.5 Å². The molecular weight excluding hydrogens is 285 g/mol. The van der Waals surface area contributed by atoms with E-state index in [0.29, 0.717) is 11.3 Å². The predicted octanol–water partition coefficient (Wildman–Crippen LogP) is 2.79. The van der Waals surface area contributed by atoms with Crippen molar-refractivity contribution in [3.63, 3.8) is 0 Å². The highest BCUT2D eigenvalue weighted by molar-refractivity contribution is 5.67. The largest absolute Gasteiger partial charge is 0.550 e. The predicted molar refractivity (Wildman–Crippen MR) is 66.7 cm³/mol. The van der Waals surface area contributed by atoms with E-state index in [1.807, 2.05) is 0 Å². The summed E-state index contributed by atoms with van der Waals surface area (Å²) in [5.74, 6) is -0.838. The highest BCUT2D eigenvalue weighted by atomic mass is 19.4. The molecule has 0 amide bonds. The maximum Gasteiger partial charge on any atom is 0.416 e. The molecule has 0 saturated carbocycles. The fourth-order valence-corrected chi connectivity index (χ4v) is 1.71. The molecule has 0 spiro atoms. The number of alkyl halides is 3. The topological polar surface area (TPSA) is 49.4 Å². The van der Waals surface area contributed by atoms with Crippen LogP contribution in [0.1, 0.15) is 11.1 Å². The van der Waals surface area contributed by atoms with Crippen molar-refractivity contribution in [3.05, 3.63) is 59.7 Å². The van der Waals surface area contributed by atoms with Crippen LogP contribution in [0.25, 0.3) is 0 Å². The number of carboxylic acid groups (broad SMARTS) is 1. The average molecular weight is 295 g/mol. The number of rotatable bonds is 4. The lowest BCUT2D eigenvalue weighted by Gasteiger charge is -2.10. The standard InChI is InChI=1S/C15H11F3O3/c16-15(17,18)11-2-1-3-13(9-11)21-12-6-4-10(5-7-12)8-14(19)20/h1-7,9H,8H2,(H,19,20)/p-1. The second-order valence-electron chi connectivity index (χ2n) is 4.32. The second-order valence-corrected chi connectivity index (χ2v) is 4.32. The first-order chi connectivity index (χ1) is 9.84. The van der Waals surface area contributed by atoms with Gasteiger partial charge in [0, 0.05) is 12.4 Å². The van der Waals surface area contributed by atoms with Crippen molar-refractivity contribution < 1.29 is 27.8 Å². The summed E-state index contributed by atoms with van der Waals surface area (Å²) >= 11 is 0. The van der Waals surface area contributed by atoms with Gasteiger partial charge in [-0.25, -0.2) is 0 Å². The molecule has 0 N–H and O–H groups in total. The Labute approximate surface area is 118 Å². The van der Waals surface area contributed by atoms with E-state index in [9.17, 15) is 23.1 Å². The van der Waals surface area contributed by atoms with Gasteiger partial charge in [0.15, 0.2) is 0 Å². The summed E-state index contributed by atoms with van der Waals surface area (Å²) in [5.41, 5.74) is -0.278. The summed E-state index contributed by atoms with van der Waals surface area (Å²) in [6.45, 7) is 0. The number of carbonyl (C=O) groups is 1. The number of halogens is 3. The number of benzene rings is 2. The minimum Gasteiger partial charge on any atom is -0.550 e. The van der Waals surface area contributed by atoms with Gasteiger partial charge >= 0.3 is 6.18 Å². The van der Waals surface area contributed by atoms with Crippen LogP contribution in [0.5, 0.6) is 11.5 Å². The van der Waals surface area contributed by atoms with Crippen LogP contribution in [-0.2, 0) is 17.4 Å². The Morgan fingerprint density at radius 2 is 1.71 bits per heavy atom. The molecule has 0 heterocycles. The molecule has 21 heavy (non-hydrogen) atoms. The van der Waals surface area contributed by atoms with Gasteiger partial charge in [0.2, 0.25) is 0 Å². The fraction of sp³-hybridized carbons (Fsp3) is 0.133. The van der Waals surface area contributed by atoms with Crippen molar-refractivity contribution in [2.45, 2.75) is 12.6 Å². The Bertz CT molecular complexity index is 633. The van der Waals surface area contributed by atoms with Crippen LogP contribution in [0.15, 0.2) is 48.5 Å². The maximum atomic E-state index is 12.6. The first-order valence-electron chi connectivity index (χ1n) is 5.98. The summed E-state index contributed by atoms with van der Waals surface area (Å²) in [6, 6.07) is 10.5. The molecule has 0 unspecified atom stereocenters. The number of ether oxygens (including phenoxy) is 1. The van der Waals surface area contributed by atoms with E-state index in [-0.39, 0.29) is 12.2 Å². The number of carbonyl (C=O) groups excluding carboxylic acids is 1. The lowest BCUT2D eigenvalue weighted by molar-refractivity contribution is -0.304. The summed E-state index contributed by atoms with van der Waals surface area (Å²) in [4.78, 5) is 10.4. The van der Waals surface area contributed by atoms with Crippen molar-refractivity contribution in [1.82, 2.24) is 0 Å². The molecule has 6 heteroatoms. The number of carboxylic acids is 1. The molecule has 2 rings (SSSR count). The van der Waals surface area contributed by atoms with E-state index >= 15 is 0 Å². The number of hydrogen-bond acceptors (Lipinski definition) is 3. The molecule has 0 aliphatic carbocycles. The third-order valence-electron chi connectivity index (χ3n) is 2.67. The smallest absolute Gasteiger partial charge is 0.416 e. The van der Waals surface area contributed by atoms with Gasteiger partial charge in [-0.2, -0.15) is 13.2 Å². The lowest BCUT2D eigenvalue weighted by atomic mass is 10.1. The van der Waals surface area contributed by atoms with E-state index < -0.39 is 17.7 Å². The van der Waals surface area contributed by atoms with Gasteiger partial charge in [0.1, 0.15) is 11.5 Å². The molecule has 2 aromatic rings. The average Bonchev–Trinajstić information content (AvgIpc) is 2.40. The molecule has 0 fully saturated rings. The van der Waals surface area contributed by atoms with E-state index in [0.717, 1.165) is 12.1 Å². The Hall–Kier alpha value is -2.50. The SMILES string of the molecule is O=C([O-])Cc1ccc(Oc2cccc(C(F)(F)F)c2)cc1. The zero-order chi connectivity index (χ0) is 15.5. The maximum absolute atomic E-state index is 12.6. The Balaban J connectivity index is 2.13. The van der Waals surface area contributed by atoms with Gasteiger partial charge in [-0.05, 0) is 35.9 Å². The van der Waals surface area contributed by atoms with Crippen LogP contribution in [-0.4, -0.2) is 5.97 Å². The van der Waals surface area contributed by atoms with Gasteiger partial charge in [-0.3, -0.25) is 0 Å². The molecule has 0 radical (unpaired) electrons. The van der Waals surface area contributed by atoms with E-state index in [2.05, 4.69) is 0 Å². The van der Waals surface area contributed by atoms with E-state index in [1.165, 1.54) is 36.4 Å². The molecule has 0 aromatic heterocycles. The van der Waals surface area contributed by atoms with E-state index in [1.54, 1.807) is 0 Å². The first-order valence-corrected chi connectivity index (χ1v) is 5.98. The fourth-order valence-electron chi connectivity index (χ4n) is 1.71. The molecule has 0 aliphatic heterocycles. The summed E-state index contributed by atoms with van der Waals surface area (Å²) < 4.78 is 43.0. The highest BCUT2D eigenvalue weighted by Gasteiger charge is 2.30. The number of aliphatic carboxylic acids is 1. The molecule has 3 nitrogen and oxygen atoms in total. The van der Waals surface area contributed by atoms with Gasteiger partial charge in [0.25, 0.3) is 0 Å². The minimum atomic E-state index is -4.43. The summed E-state index contributed by atoms with van der Waals surface area (Å²) in [7, 11) is 0. The summed E-state index contributed by atoms with van der Waals surface area (Å²) in [6.07, 6.45) is -4.67. The van der Waals surface area contributed by atoms with Crippen LogP contribution >= 0.6 is 0 Å². The third kappa shape index (κ3) is 4.24. The van der Waals surface area contributed by atoms with Gasteiger partial charge < -0.3 is 14.6 Å². The molecule has 2 aromatic carbocycles. The highest BCUT2D eigenvalue weighted by Crippen LogP contribution is 2.32. The molecule has 0 atom stereocenters. The van der Waals surface area contributed by atoms with Crippen LogP contribution in [0.4, 0.5) is 13.2 Å². The van der Waals surface area contributed by atoms with Gasteiger partial charge in [0.05, 0.1) is 5.56 Å². The first kappa shape index (κ1) is 14.9. The normalized spacial score (nSPS) is 11.2. The van der Waals surface area contributed by atoms with Crippen molar-refractivity contribution in [1.29, 1.82) is 0 Å². The van der Waals surface area contributed by atoms with Crippen LogP contribution in [0, 0.1) is 0 Å². The zero-order valence-corrected chi connectivity index (χ0v) is 10.7. The van der Waals surface area contributed by atoms with Crippen molar-refractivity contribution in [2.24, 2.45) is 0 Å². The Morgan fingerprint density at radius 3 is 2.29 bits per heavy atom. The lowest BCUT2D eigenvalue weighted by Crippen LogP contribution is -2.24. The molecule has 110 valence electrons. The monoisotopic (exact) mass is 295 g/mol. The van der Waals surface area contributed by atoms with Crippen molar-refractivity contribution >= 4 is 5.97 Å². The van der Waals surface area contributed by atoms with Crippen LogP contribution in [0.2, 0.25) is 0 Å². The van der Waals surface area contributed by atoms with Gasteiger partial charge in [-0.1, -0.05) is 18.2 Å². The van der Waals surface area contributed by atoms with Gasteiger partial charge in [-0.15, -0.1) is 0 Å². The molecule has 0 aliphatic rings. The Kier molecular flexibility index (Phi) is 4.16.